The first kappa shape index (κ1) is 13.4. The van der Waals surface area contributed by atoms with E-state index in [9.17, 15) is 4.79 Å². The third-order valence-corrected chi connectivity index (χ3v) is 3.52. The minimum Gasteiger partial charge on any atom is -0.490 e. The SMILES string of the molecule is C=CCOc1ccc(/C=C2\Cc3ccccc3C2=O)cc1. The molecule has 3 rings (SSSR count). The summed E-state index contributed by atoms with van der Waals surface area (Å²) in [5, 5.41) is 0. The first-order chi connectivity index (χ1) is 10.3. The van der Waals surface area contributed by atoms with Gasteiger partial charge in [-0.2, -0.15) is 0 Å². The van der Waals surface area contributed by atoms with Crippen LogP contribution < -0.4 is 4.74 Å². The first-order valence-corrected chi connectivity index (χ1v) is 6.95. The number of hydrogen-bond donors (Lipinski definition) is 0. The zero-order chi connectivity index (χ0) is 14.7. The van der Waals surface area contributed by atoms with Crippen LogP contribution in [0.3, 0.4) is 0 Å². The molecule has 2 nitrogen and oxygen atoms in total. The maximum atomic E-state index is 12.3. The van der Waals surface area contributed by atoms with Gasteiger partial charge in [-0.3, -0.25) is 4.79 Å². The third-order valence-electron chi connectivity index (χ3n) is 3.52. The second-order valence-electron chi connectivity index (χ2n) is 5.00. The van der Waals surface area contributed by atoms with Gasteiger partial charge in [-0.15, -0.1) is 0 Å². The molecule has 21 heavy (non-hydrogen) atoms. The Morgan fingerprint density at radius 1 is 1.10 bits per heavy atom. The number of carbonyl (C=O) groups excluding carboxylic acids is 1. The van der Waals surface area contributed by atoms with E-state index >= 15 is 0 Å². The highest BCUT2D eigenvalue weighted by Crippen LogP contribution is 2.27. The lowest BCUT2D eigenvalue weighted by Gasteiger charge is -2.03. The van der Waals surface area contributed by atoms with E-state index < -0.39 is 0 Å². The van der Waals surface area contributed by atoms with Crippen molar-refractivity contribution in [2.45, 2.75) is 6.42 Å². The highest BCUT2D eigenvalue weighted by Gasteiger charge is 2.23. The second kappa shape index (κ2) is 5.80. The maximum absolute atomic E-state index is 12.3. The predicted molar refractivity (Wildman–Crippen MR) is 84.6 cm³/mol. The Morgan fingerprint density at radius 3 is 2.57 bits per heavy atom. The predicted octanol–water partition coefficient (Wildman–Crippen LogP) is 4.07. The van der Waals surface area contributed by atoms with Crippen molar-refractivity contribution in [2.24, 2.45) is 0 Å². The van der Waals surface area contributed by atoms with E-state index in [2.05, 4.69) is 6.58 Å². The zero-order valence-corrected chi connectivity index (χ0v) is 11.7. The summed E-state index contributed by atoms with van der Waals surface area (Å²) in [5.41, 5.74) is 3.79. The van der Waals surface area contributed by atoms with Gasteiger partial charge < -0.3 is 4.74 Å². The van der Waals surface area contributed by atoms with E-state index in [1.165, 1.54) is 0 Å². The van der Waals surface area contributed by atoms with Crippen LogP contribution in [0.25, 0.3) is 6.08 Å². The van der Waals surface area contributed by atoms with Crippen molar-refractivity contribution in [1.29, 1.82) is 0 Å². The normalized spacial score (nSPS) is 15.0. The van der Waals surface area contributed by atoms with Crippen molar-refractivity contribution in [1.82, 2.24) is 0 Å². The highest BCUT2D eigenvalue weighted by atomic mass is 16.5. The van der Waals surface area contributed by atoms with E-state index in [0.29, 0.717) is 13.0 Å². The Labute approximate surface area is 124 Å². The highest BCUT2D eigenvalue weighted by molar-refractivity contribution is 6.15. The average molecular weight is 276 g/mol. The lowest BCUT2D eigenvalue weighted by atomic mass is 10.1. The number of ether oxygens (including phenoxy) is 1. The molecule has 0 spiro atoms. The van der Waals surface area contributed by atoms with Gasteiger partial charge in [0.1, 0.15) is 12.4 Å². The molecule has 0 aliphatic heterocycles. The maximum Gasteiger partial charge on any atom is 0.189 e. The molecule has 1 aliphatic carbocycles. The number of allylic oxidation sites excluding steroid dienone is 1. The molecule has 0 aromatic heterocycles. The average Bonchev–Trinajstić information content (AvgIpc) is 2.83. The summed E-state index contributed by atoms with van der Waals surface area (Å²) in [6.45, 7) is 4.11. The molecule has 0 saturated carbocycles. The summed E-state index contributed by atoms with van der Waals surface area (Å²) in [4.78, 5) is 12.3. The van der Waals surface area contributed by atoms with Crippen LogP contribution in [0.1, 0.15) is 21.5 Å². The molecule has 0 unspecified atom stereocenters. The summed E-state index contributed by atoms with van der Waals surface area (Å²) in [5.74, 6) is 0.940. The Balaban J connectivity index is 1.80. The van der Waals surface area contributed by atoms with Gasteiger partial charge in [-0.1, -0.05) is 49.1 Å². The van der Waals surface area contributed by atoms with Crippen molar-refractivity contribution < 1.29 is 9.53 Å². The van der Waals surface area contributed by atoms with E-state index in [-0.39, 0.29) is 5.78 Å². The first-order valence-electron chi connectivity index (χ1n) is 6.95. The minimum absolute atomic E-state index is 0.137. The fourth-order valence-electron chi connectivity index (χ4n) is 2.49. The summed E-state index contributed by atoms with van der Waals surface area (Å²) in [6.07, 6.45) is 4.38. The Morgan fingerprint density at radius 2 is 1.86 bits per heavy atom. The van der Waals surface area contributed by atoms with E-state index in [4.69, 9.17) is 4.74 Å². The monoisotopic (exact) mass is 276 g/mol. The Hall–Kier alpha value is -2.61. The molecule has 0 atom stereocenters. The van der Waals surface area contributed by atoms with Gasteiger partial charge in [0.2, 0.25) is 0 Å². The van der Waals surface area contributed by atoms with Crippen molar-refractivity contribution in [3.63, 3.8) is 0 Å². The van der Waals surface area contributed by atoms with E-state index in [0.717, 1.165) is 28.0 Å². The van der Waals surface area contributed by atoms with E-state index in [1.54, 1.807) is 6.08 Å². The summed E-state index contributed by atoms with van der Waals surface area (Å²) in [7, 11) is 0. The number of Topliss-reactive ketones (excluding diaryl/α,β-unsaturated/α-hetero) is 1. The largest absolute Gasteiger partial charge is 0.490 e. The molecular weight excluding hydrogens is 260 g/mol. The van der Waals surface area contributed by atoms with Crippen LogP contribution in [0.5, 0.6) is 5.75 Å². The van der Waals surface area contributed by atoms with Gasteiger partial charge in [0.25, 0.3) is 0 Å². The van der Waals surface area contributed by atoms with Crippen molar-refractivity contribution in [2.75, 3.05) is 6.61 Å². The van der Waals surface area contributed by atoms with Crippen LogP contribution >= 0.6 is 0 Å². The van der Waals surface area contributed by atoms with Crippen LogP contribution in [-0.2, 0) is 6.42 Å². The standard InChI is InChI=1S/C19H16O2/c1-2-11-21-17-9-7-14(8-10-17)12-16-13-15-5-3-4-6-18(15)19(16)20/h2-10,12H,1,11,13H2/b16-12+. The van der Waals surface area contributed by atoms with Crippen molar-refractivity contribution in [3.8, 4) is 5.75 Å². The quantitative estimate of drug-likeness (QED) is 0.621. The molecule has 0 bridgehead atoms. The fraction of sp³-hybridized carbons (Fsp3) is 0.105. The molecule has 0 N–H and O–H groups in total. The molecule has 0 heterocycles. The van der Waals surface area contributed by atoms with Crippen LogP contribution in [0.15, 0.2) is 66.8 Å². The summed E-state index contributed by atoms with van der Waals surface area (Å²) < 4.78 is 5.45. The number of rotatable bonds is 4. The summed E-state index contributed by atoms with van der Waals surface area (Å²) >= 11 is 0. The number of fused-ring (bicyclic) bond motifs is 1. The molecule has 0 fully saturated rings. The van der Waals surface area contributed by atoms with Gasteiger partial charge in [0.05, 0.1) is 0 Å². The molecule has 104 valence electrons. The molecule has 2 heteroatoms. The van der Waals surface area contributed by atoms with Crippen molar-refractivity contribution in [3.05, 3.63) is 83.4 Å². The van der Waals surface area contributed by atoms with Crippen LogP contribution in [0.2, 0.25) is 0 Å². The number of benzene rings is 2. The van der Waals surface area contributed by atoms with Gasteiger partial charge in [0, 0.05) is 17.6 Å². The van der Waals surface area contributed by atoms with Gasteiger partial charge >= 0.3 is 0 Å². The zero-order valence-electron chi connectivity index (χ0n) is 11.7. The molecule has 1 aliphatic rings. The molecule has 0 radical (unpaired) electrons. The smallest absolute Gasteiger partial charge is 0.189 e. The summed E-state index contributed by atoms with van der Waals surface area (Å²) in [6, 6.07) is 15.5. The van der Waals surface area contributed by atoms with Gasteiger partial charge in [0.15, 0.2) is 5.78 Å². The van der Waals surface area contributed by atoms with Gasteiger partial charge in [-0.25, -0.2) is 0 Å². The van der Waals surface area contributed by atoms with Crippen LogP contribution in [0.4, 0.5) is 0 Å². The lowest BCUT2D eigenvalue weighted by molar-refractivity contribution is 0.104. The van der Waals surface area contributed by atoms with Crippen molar-refractivity contribution >= 4 is 11.9 Å². The molecule has 0 amide bonds. The lowest BCUT2D eigenvalue weighted by Crippen LogP contribution is -1.95. The molecular formula is C19H16O2. The Kier molecular flexibility index (Phi) is 3.69. The molecule has 2 aromatic rings. The molecule has 0 saturated heterocycles. The Bertz CT molecular complexity index is 709. The molecule has 2 aromatic carbocycles. The number of ketones is 1. The topological polar surface area (TPSA) is 26.3 Å². The number of carbonyl (C=O) groups is 1. The van der Waals surface area contributed by atoms with Gasteiger partial charge in [-0.05, 0) is 29.3 Å². The fourth-order valence-corrected chi connectivity index (χ4v) is 2.49. The van der Waals surface area contributed by atoms with Crippen LogP contribution in [0, 0.1) is 0 Å². The minimum atomic E-state index is 0.137. The van der Waals surface area contributed by atoms with E-state index in [1.807, 2.05) is 54.6 Å². The third kappa shape index (κ3) is 2.79. The second-order valence-corrected chi connectivity index (χ2v) is 5.00. The van der Waals surface area contributed by atoms with Crippen LogP contribution in [-0.4, -0.2) is 12.4 Å². The number of hydrogen-bond acceptors (Lipinski definition) is 2.